The molecule has 0 saturated heterocycles. The quantitative estimate of drug-likeness (QED) is 0.502. The van der Waals surface area contributed by atoms with Crippen molar-refractivity contribution >= 4 is 11.7 Å². The number of aliphatic hydroxyl groups is 1. The van der Waals surface area contributed by atoms with E-state index in [-0.39, 0.29) is 17.7 Å². The van der Waals surface area contributed by atoms with Gasteiger partial charge in [0.05, 0.1) is 11.6 Å². The Morgan fingerprint density at radius 2 is 1.90 bits per heavy atom. The van der Waals surface area contributed by atoms with Crippen molar-refractivity contribution < 1.29 is 9.90 Å². The highest BCUT2D eigenvalue weighted by molar-refractivity contribution is 5.93. The summed E-state index contributed by atoms with van der Waals surface area (Å²) in [5, 5.41) is 21.4. The Morgan fingerprint density at radius 1 is 1.30 bits per heavy atom. The molecule has 0 saturated carbocycles. The molecule has 1 aromatic carbocycles. The highest BCUT2D eigenvalue weighted by Crippen LogP contribution is 2.12. The van der Waals surface area contributed by atoms with Gasteiger partial charge in [0.25, 0.3) is 0 Å². The van der Waals surface area contributed by atoms with Crippen molar-refractivity contribution in [1.29, 1.82) is 5.26 Å². The normalized spacial score (nSPS) is 12.2. The van der Waals surface area contributed by atoms with Crippen LogP contribution in [0.1, 0.15) is 31.9 Å². The zero-order chi connectivity index (χ0) is 15.1. The molecule has 1 amide bonds. The molecule has 0 aromatic heterocycles. The van der Waals surface area contributed by atoms with Crippen molar-refractivity contribution in [3.8, 4) is 6.07 Å². The second kappa shape index (κ2) is 7.15. The van der Waals surface area contributed by atoms with Crippen LogP contribution in [-0.4, -0.2) is 17.1 Å². The van der Waals surface area contributed by atoms with Gasteiger partial charge >= 0.3 is 0 Å². The Kier molecular flexibility index (Phi) is 5.55. The van der Waals surface area contributed by atoms with E-state index in [1.54, 1.807) is 37.3 Å². The van der Waals surface area contributed by atoms with Gasteiger partial charge in [-0.25, -0.2) is 0 Å². The van der Waals surface area contributed by atoms with E-state index in [2.05, 4.69) is 5.32 Å². The second-order valence-electron chi connectivity index (χ2n) is 4.72. The number of nitrogens with zero attached hydrogens (tertiary/aromatic N) is 1. The monoisotopic (exact) mass is 270 g/mol. The number of allylic oxidation sites excluding steroid dienone is 2. The van der Waals surface area contributed by atoms with Gasteiger partial charge in [0.2, 0.25) is 5.91 Å². The molecule has 4 heteroatoms. The van der Waals surface area contributed by atoms with Gasteiger partial charge in [-0.1, -0.05) is 6.08 Å². The standard InChI is InChI=1S/C16H18N2O2/c1-11(2)18-16(20)12(3)4-9-15(19)14-7-5-13(10-17)6-8-14/h4-9,11,19H,1-3H3,(H,18,20)/b12-4+,15-9-. The first kappa shape index (κ1) is 15.5. The topological polar surface area (TPSA) is 73.1 Å². The fraction of sp³-hybridized carbons (Fsp3) is 0.250. The molecule has 0 aliphatic heterocycles. The van der Waals surface area contributed by atoms with Crippen molar-refractivity contribution in [1.82, 2.24) is 5.32 Å². The number of hydrogen-bond acceptors (Lipinski definition) is 3. The number of aliphatic hydroxyl groups excluding tert-OH is 1. The van der Waals surface area contributed by atoms with Gasteiger partial charge in [0.1, 0.15) is 5.76 Å². The van der Waals surface area contributed by atoms with Crippen LogP contribution in [0.3, 0.4) is 0 Å². The van der Waals surface area contributed by atoms with Gasteiger partial charge in [-0.05, 0) is 51.1 Å². The largest absolute Gasteiger partial charge is 0.507 e. The molecular weight excluding hydrogens is 252 g/mol. The molecule has 0 bridgehead atoms. The smallest absolute Gasteiger partial charge is 0.247 e. The molecule has 0 aliphatic rings. The third kappa shape index (κ3) is 4.62. The average Bonchev–Trinajstić information content (AvgIpc) is 2.43. The van der Waals surface area contributed by atoms with Crippen LogP contribution in [-0.2, 0) is 4.79 Å². The summed E-state index contributed by atoms with van der Waals surface area (Å²) in [6.45, 7) is 5.45. The van der Waals surface area contributed by atoms with E-state index in [0.29, 0.717) is 16.7 Å². The van der Waals surface area contributed by atoms with Crippen molar-refractivity contribution in [3.05, 3.63) is 53.1 Å². The van der Waals surface area contributed by atoms with Gasteiger partial charge < -0.3 is 10.4 Å². The molecule has 0 aliphatic carbocycles. The van der Waals surface area contributed by atoms with E-state index in [0.717, 1.165) is 0 Å². The molecule has 0 radical (unpaired) electrons. The Morgan fingerprint density at radius 3 is 2.40 bits per heavy atom. The maximum atomic E-state index is 11.7. The Hall–Kier alpha value is -2.54. The number of rotatable bonds is 4. The molecule has 104 valence electrons. The molecule has 20 heavy (non-hydrogen) atoms. The summed E-state index contributed by atoms with van der Waals surface area (Å²) in [6, 6.07) is 8.64. The van der Waals surface area contributed by atoms with Crippen molar-refractivity contribution in [2.75, 3.05) is 0 Å². The minimum Gasteiger partial charge on any atom is -0.507 e. The Labute approximate surface area is 119 Å². The molecule has 0 heterocycles. The first-order valence-electron chi connectivity index (χ1n) is 6.33. The summed E-state index contributed by atoms with van der Waals surface area (Å²) < 4.78 is 0. The van der Waals surface area contributed by atoms with E-state index in [9.17, 15) is 9.90 Å². The molecule has 1 aromatic rings. The van der Waals surface area contributed by atoms with Crippen molar-refractivity contribution in [2.45, 2.75) is 26.8 Å². The van der Waals surface area contributed by atoms with Gasteiger partial charge in [0, 0.05) is 17.2 Å². The number of nitriles is 1. The van der Waals surface area contributed by atoms with Crippen LogP contribution in [0.2, 0.25) is 0 Å². The van der Waals surface area contributed by atoms with Crippen molar-refractivity contribution in [3.63, 3.8) is 0 Å². The van der Waals surface area contributed by atoms with E-state index < -0.39 is 0 Å². The number of carbonyl (C=O) groups excluding carboxylic acids is 1. The number of carbonyl (C=O) groups is 1. The molecule has 4 nitrogen and oxygen atoms in total. The summed E-state index contributed by atoms with van der Waals surface area (Å²) in [6.07, 6.45) is 3.03. The lowest BCUT2D eigenvalue weighted by Gasteiger charge is -2.07. The third-order valence-corrected chi connectivity index (χ3v) is 2.58. The van der Waals surface area contributed by atoms with E-state index in [1.807, 2.05) is 19.9 Å². The van der Waals surface area contributed by atoms with Gasteiger partial charge in [-0.3, -0.25) is 4.79 Å². The highest BCUT2D eigenvalue weighted by Gasteiger charge is 2.04. The highest BCUT2D eigenvalue weighted by atomic mass is 16.3. The molecule has 0 spiro atoms. The van der Waals surface area contributed by atoms with Crippen LogP contribution in [0.25, 0.3) is 5.76 Å². The summed E-state index contributed by atoms with van der Waals surface area (Å²) in [5.41, 5.74) is 1.64. The maximum Gasteiger partial charge on any atom is 0.247 e. The Balaban J connectivity index is 2.82. The molecular formula is C16H18N2O2. The first-order valence-corrected chi connectivity index (χ1v) is 6.33. The zero-order valence-electron chi connectivity index (χ0n) is 11.8. The van der Waals surface area contributed by atoms with E-state index in [1.165, 1.54) is 6.08 Å². The predicted molar refractivity (Wildman–Crippen MR) is 78.8 cm³/mol. The first-order chi connectivity index (χ1) is 9.43. The zero-order valence-corrected chi connectivity index (χ0v) is 11.8. The summed E-state index contributed by atoms with van der Waals surface area (Å²) in [4.78, 5) is 11.7. The van der Waals surface area contributed by atoms with Crippen LogP contribution in [0.4, 0.5) is 0 Å². The lowest BCUT2D eigenvalue weighted by Crippen LogP contribution is -2.30. The Bertz CT molecular complexity index is 575. The number of hydrogen-bond donors (Lipinski definition) is 2. The average molecular weight is 270 g/mol. The molecule has 2 N–H and O–H groups in total. The van der Waals surface area contributed by atoms with Gasteiger partial charge in [-0.2, -0.15) is 5.26 Å². The van der Waals surface area contributed by atoms with Crippen LogP contribution in [0.15, 0.2) is 42.0 Å². The summed E-state index contributed by atoms with van der Waals surface area (Å²) >= 11 is 0. The fourth-order valence-electron chi connectivity index (χ4n) is 1.47. The number of nitrogens with one attached hydrogen (secondary N) is 1. The van der Waals surface area contributed by atoms with Crippen LogP contribution < -0.4 is 5.32 Å². The summed E-state index contributed by atoms with van der Waals surface area (Å²) in [7, 11) is 0. The second-order valence-corrected chi connectivity index (χ2v) is 4.72. The molecule has 0 atom stereocenters. The number of amides is 1. The maximum absolute atomic E-state index is 11.7. The molecule has 0 unspecified atom stereocenters. The third-order valence-electron chi connectivity index (χ3n) is 2.58. The predicted octanol–water partition coefficient (Wildman–Crippen LogP) is 2.93. The van der Waals surface area contributed by atoms with Crippen LogP contribution in [0, 0.1) is 11.3 Å². The lowest BCUT2D eigenvalue weighted by molar-refractivity contribution is -0.117. The van der Waals surface area contributed by atoms with Gasteiger partial charge in [-0.15, -0.1) is 0 Å². The SMILES string of the molecule is C/C(=C\C=C(/O)c1ccc(C#N)cc1)C(=O)NC(C)C. The van der Waals surface area contributed by atoms with Crippen molar-refractivity contribution in [2.24, 2.45) is 0 Å². The van der Waals surface area contributed by atoms with Crippen LogP contribution >= 0.6 is 0 Å². The van der Waals surface area contributed by atoms with E-state index >= 15 is 0 Å². The number of benzene rings is 1. The fourth-order valence-corrected chi connectivity index (χ4v) is 1.47. The van der Waals surface area contributed by atoms with Gasteiger partial charge in [0.15, 0.2) is 0 Å². The van der Waals surface area contributed by atoms with E-state index in [4.69, 9.17) is 5.26 Å². The molecule has 1 rings (SSSR count). The molecule has 0 fully saturated rings. The summed E-state index contributed by atoms with van der Waals surface area (Å²) in [5.74, 6) is -0.116. The van der Waals surface area contributed by atoms with Crippen LogP contribution in [0.5, 0.6) is 0 Å². The minimum atomic E-state index is -0.163. The lowest BCUT2D eigenvalue weighted by atomic mass is 10.1. The minimum absolute atomic E-state index is 0.0474.